The average Bonchev–Trinajstić information content (AvgIpc) is 2.67. The van der Waals surface area contributed by atoms with Gasteiger partial charge in [-0.2, -0.15) is 0 Å². The minimum atomic E-state index is 0.796. The molecule has 0 N–H and O–H groups in total. The molecular weight excluding hydrogens is 204 g/mol. The predicted molar refractivity (Wildman–Crippen MR) is 65.2 cm³/mol. The summed E-state index contributed by atoms with van der Waals surface area (Å²) in [5, 5.41) is 0.796. The van der Waals surface area contributed by atoms with Crippen molar-refractivity contribution in [2.24, 2.45) is 0 Å². The van der Waals surface area contributed by atoms with Crippen LogP contribution in [0.2, 0.25) is 0 Å². The van der Waals surface area contributed by atoms with Crippen LogP contribution in [0.3, 0.4) is 0 Å². The van der Waals surface area contributed by atoms with Crippen molar-refractivity contribution in [3.05, 3.63) is 9.81 Å². The van der Waals surface area contributed by atoms with E-state index in [2.05, 4.69) is 32.5 Å². The lowest BCUT2D eigenvalue weighted by Crippen LogP contribution is -1.82. The smallest absolute Gasteiger partial charge is 0.0681 e. The highest BCUT2D eigenvalue weighted by Gasteiger charge is 2.36. The Morgan fingerprint density at radius 2 is 1.42 bits per heavy atom. The van der Waals surface area contributed by atoms with E-state index in [0.717, 1.165) is 5.25 Å². The molecule has 0 radical (unpaired) electrons. The topological polar surface area (TPSA) is 0 Å². The number of hydrogen-bond acceptors (Lipinski definition) is 3. The van der Waals surface area contributed by atoms with Crippen LogP contribution in [0.25, 0.3) is 0 Å². The van der Waals surface area contributed by atoms with Gasteiger partial charge in [0.25, 0.3) is 0 Å². The number of hydrogen-bond donors (Lipinski definition) is 0. The van der Waals surface area contributed by atoms with Crippen molar-refractivity contribution < 1.29 is 0 Å². The summed E-state index contributed by atoms with van der Waals surface area (Å²) in [6.45, 7) is 6.71. The van der Waals surface area contributed by atoms with Gasteiger partial charge in [-0.3, -0.25) is 0 Å². The zero-order valence-electron chi connectivity index (χ0n) is 7.92. The molecule has 0 saturated carbocycles. The molecule has 0 fully saturated rings. The Balaban J connectivity index is 2.32. The first-order chi connectivity index (χ1) is 5.85. The summed E-state index contributed by atoms with van der Waals surface area (Å²) in [4.78, 5) is 3.33. The first-order valence-electron chi connectivity index (χ1n) is 4.46. The third-order valence-electron chi connectivity index (χ3n) is 1.57. The molecule has 0 atom stereocenters. The van der Waals surface area contributed by atoms with E-state index in [4.69, 9.17) is 0 Å². The minimum Gasteiger partial charge on any atom is -0.148 e. The molecule has 3 heteroatoms. The Hall–Kier alpha value is 0.790. The van der Waals surface area contributed by atoms with Crippen LogP contribution in [0.1, 0.15) is 20.8 Å². The maximum Gasteiger partial charge on any atom is 0.0681 e. The fourth-order valence-electron chi connectivity index (χ4n) is 1.09. The summed E-state index contributed by atoms with van der Waals surface area (Å²) >= 11 is 6.14. The van der Waals surface area contributed by atoms with Gasteiger partial charge in [-0.15, -0.1) is 35.3 Å². The van der Waals surface area contributed by atoms with Gasteiger partial charge in [0.15, 0.2) is 0 Å². The molecule has 0 aromatic carbocycles. The van der Waals surface area contributed by atoms with Crippen LogP contribution >= 0.6 is 35.3 Å². The van der Waals surface area contributed by atoms with Gasteiger partial charge >= 0.3 is 0 Å². The van der Waals surface area contributed by atoms with Crippen LogP contribution in [0.15, 0.2) is 9.81 Å². The van der Waals surface area contributed by atoms with Crippen molar-refractivity contribution in [3.8, 4) is 0 Å². The van der Waals surface area contributed by atoms with E-state index in [0.29, 0.717) is 0 Å². The van der Waals surface area contributed by atoms with E-state index >= 15 is 0 Å². The van der Waals surface area contributed by atoms with Gasteiger partial charge in [-0.1, -0.05) is 20.8 Å². The summed E-state index contributed by atoms with van der Waals surface area (Å²) in [6, 6.07) is 0. The van der Waals surface area contributed by atoms with Crippen molar-refractivity contribution >= 4 is 35.3 Å². The van der Waals surface area contributed by atoms with E-state index in [1.165, 1.54) is 17.3 Å². The predicted octanol–water partition coefficient (Wildman–Crippen LogP) is 3.84. The minimum absolute atomic E-state index is 0.796. The Morgan fingerprint density at radius 1 is 0.917 bits per heavy atom. The van der Waals surface area contributed by atoms with Crippen LogP contribution in [-0.4, -0.2) is 22.5 Å². The van der Waals surface area contributed by atoms with E-state index in [1.54, 1.807) is 9.81 Å². The molecule has 0 aliphatic heterocycles. The second-order valence-corrected chi connectivity index (χ2v) is 6.42. The van der Waals surface area contributed by atoms with Gasteiger partial charge in [0.2, 0.25) is 0 Å². The lowest BCUT2D eigenvalue weighted by molar-refractivity contribution is 1.49. The molecule has 1 aliphatic rings. The third-order valence-corrected chi connectivity index (χ3v) is 5.25. The highest BCUT2D eigenvalue weighted by atomic mass is 32.2. The molecule has 0 bridgehead atoms. The van der Waals surface area contributed by atoms with Crippen molar-refractivity contribution in [2.75, 3.05) is 17.3 Å². The van der Waals surface area contributed by atoms with Gasteiger partial charge in [-0.05, 0) is 17.3 Å². The Bertz CT molecular complexity index is 159. The summed E-state index contributed by atoms with van der Waals surface area (Å²) in [6.07, 6.45) is 0. The molecule has 12 heavy (non-hydrogen) atoms. The Kier molecular flexibility index (Phi) is 4.99. The second kappa shape index (κ2) is 5.51. The first kappa shape index (κ1) is 10.9. The third kappa shape index (κ3) is 2.64. The van der Waals surface area contributed by atoms with Crippen LogP contribution in [0.5, 0.6) is 0 Å². The van der Waals surface area contributed by atoms with E-state index in [1.807, 2.05) is 23.5 Å². The highest BCUT2D eigenvalue weighted by Crippen LogP contribution is 2.53. The fraction of sp³-hybridized carbons (Fsp3) is 0.778. The molecule has 0 aromatic rings. The maximum atomic E-state index is 2.24. The van der Waals surface area contributed by atoms with Gasteiger partial charge < -0.3 is 0 Å². The van der Waals surface area contributed by atoms with Gasteiger partial charge in [0.05, 0.1) is 5.25 Å². The second-order valence-electron chi connectivity index (χ2n) is 2.43. The summed E-state index contributed by atoms with van der Waals surface area (Å²) in [5.41, 5.74) is 0. The highest BCUT2D eigenvalue weighted by molar-refractivity contribution is 8.12. The Morgan fingerprint density at radius 3 is 1.75 bits per heavy atom. The summed E-state index contributed by atoms with van der Waals surface area (Å²) in [5.74, 6) is 3.69. The molecule has 1 rings (SSSR count). The van der Waals surface area contributed by atoms with Crippen LogP contribution < -0.4 is 0 Å². The standard InChI is InChI=1S/C9H16S3/c1-4-10-7-8(11-5-2)9(7)12-6-3/h7H,4-6H2,1-3H3. The van der Waals surface area contributed by atoms with Gasteiger partial charge in [0.1, 0.15) is 0 Å². The largest absolute Gasteiger partial charge is 0.148 e. The lowest BCUT2D eigenvalue weighted by Gasteiger charge is -1.96. The Labute approximate surface area is 88.3 Å². The summed E-state index contributed by atoms with van der Waals surface area (Å²) in [7, 11) is 0. The number of rotatable bonds is 6. The normalized spacial score (nSPS) is 17.2. The first-order valence-corrected chi connectivity index (χ1v) is 7.48. The van der Waals surface area contributed by atoms with Gasteiger partial charge in [-0.25, -0.2) is 0 Å². The zero-order valence-corrected chi connectivity index (χ0v) is 10.4. The van der Waals surface area contributed by atoms with E-state index < -0.39 is 0 Å². The molecule has 0 unspecified atom stereocenters. The average molecular weight is 220 g/mol. The quantitative estimate of drug-likeness (QED) is 0.667. The monoisotopic (exact) mass is 220 g/mol. The molecule has 0 amide bonds. The van der Waals surface area contributed by atoms with E-state index in [9.17, 15) is 0 Å². The molecule has 0 heterocycles. The molecule has 0 spiro atoms. The molecule has 0 saturated heterocycles. The SMILES string of the molecule is CCSC1=C(SCC)C1SCC. The summed E-state index contributed by atoms with van der Waals surface area (Å²) < 4.78 is 0. The van der Waals surface area contributed by atoms with Crippen LogP contribution in [0.4, 0.5) is 0 Å². The van der Waals surface area contributed by atoms with Gasteiger partial charge in [0, 0.05) is 9.81 Å². The molecule has 1 aliphatic carbocycles. The van der Waals surface area contributed by atoms with Crippen LogP contribution in [0, 0.1) is 0 Å². The number of thioether (sulfide) groups is 3. The van der Waals surface area contributed by atoms with E-state index in [-0.39, 0.29) is 0 Å². The van der Waals surface area contributed by atoms with Crippen LogP contribution in [-0.2, 0) is 0 Å². The van der Waals surface area contributed by atoms with Crippen molar-refractivity contribution in [1.82, 2.24) is 0 Å². The molecular formula is C9H16S3. The van der Waals surface area contributed by atoms with Crippen molar-refractivity contribution in [2.45, 2.75) is 26.0 Å². The zero-order chi connectivity index (χ0) is 8.97. The fourth-order valence-corrected chi connectivity index (χ4v) is 4.87. The van der Waals surface area contributed by atoms with Crippen molar-refractivity contribution in [3.63, 3.8) is 0 Å². The molecule has 70 valence electrons. The van der Waals surface area contributed by atoms with Crippen molar-refractivity contribution in [1.29, 1.82) is 0 Å². The lowest BCUT2D eigenvalue weighted by atomic mass is 10.9. The maximum absolute atomic E-state index is 2.24. The molecule has 0 nitrogen and oxygen atoms in total. The molecule has 0 aromatic heterocycles.